The van der Waals surface area contributed by atoms with Crippen molar-refractivity contribution >= 4 is 11.8 Å². The Morgan fingerprint density at radius 3 is 2.65 bits per heavy atom. The maximum absolute atomic E-state index is 8.91. The minimum atomic E-state index is -0.198. The van der Waals surface area contributed by atoms with Crippen molar-refractivity contribution in [3.05, 3.63) is 23.4 Å². The first kappa shape index (κ1) is 14.1. The Balaban J connectivity index is 2.39. The van der Waals surface area contributed by atoms with E-state index in [-0.39, 0.29) is 5.41 Å². The largest absolute Gasteiger partial charge is 0.247 e. The van der Waals surface area contributed by atoms with E-state index in [2.05, 4.69) is 30.1 Å². The molecule has 1 heterocycles. The summed E-state index contributed by atoms with van der Waals surface area (Å²) >= 11 is 1.78. The fraction of sp³-hybridized carbons (Fsp3) is 0.571. The van der Waals surface area contributed by atoms with Gasteiger partial charge in [0.25, 0.3) is 0 Å². The third-order valence-corrected chi connectivity index (χ3v) is 3.57. The molecule has 0 spiro atoms. The summed E-state index contributed by atoms with van der Waals surface area (Å²) in [6.07, 6.45) is 2.00. The van der Waals surface area contributed by atoms with Gasteiger partial charge in [0.1, 0.15) is 0 Å². The van der Waals surface area contributed by atoms with Crippen molar-refractivity contribution in [1.82, 2.24) is 4.98 Å². The molecule has 0 unspecified atom stereocenters. The van der Waals surface area contributed by atoms with Gasteiger partial charge < -0.3 is 0 Å². The number of nitriles is 1. The summed E-state index contributed by atoms with van der Waals surface area (Å²) in [5, 5.41) is 10.0. The first-order valence-electron chi connectivity index (χ1n) is 5.92. The van der Waals surface area contributed by atoms with Crippen LogP contribution >= 0.6 is 11.8 Å². The Kier molecular flexibility index (Phi) is 5.02. The third kappa shape index (κ3) is 5.23. The number of aromatic nitrogens is 1. The number of nitrogens with zero attached hydrogens (tertiary/aromatic N) is 2. The number of thioether (sulfide) groups is 1. The van der Waals surface area contributed by atoms with Crippen molar-refractivity contribution < 1.29 is 0 Å². The van der Waals surface area contributed by atoms with Crippen molar-refractivity contribution in [3.63, 3.8) is 0 Å². The monoisotopic (exact) mass is 248 g/mol. The van der Waals surface area contributed by atoms with Crippen LogP contribution in [0, 0.1) is 30.6 Å². The summed E-state index contributed by atoms with van der Waals surface area (Å²) in [7, 11) is 0. The molecule has 0 amide bonds. The molecule has 0 atom stereocenters. The lowest BCUT2D eigenvalue weighted by atomic mass is 9.90. The number of hydrogen-bond donors (Lipinski definition) is 0. The lowest BCUT2D eigenvalue weighted by Gasteiger charge is -2.14. The first-order chi connectivity index (χ1) is 7.93. The van der Waals surface area contributed by atoms with E-state index in [1.54, 1.807) is 11.8 Å². The predicted molar refractivity (Wildman–Crippen MR) is 73.1 cm³/mol. The van der Waals surface area contributed by atoms with Crippen LogP contribution in [0.25, 0.3) is 0 Å². The van der Waals surface area contributed by atoms with Crippen molar-refractivity contribution in [3.8, 4) is 6.07 Å². The number of aryl methyl sites for hydroxylation is 2. The Bertz CT molecular complexity index is 398. The molecule has 0 aliphatic carbocycles. The number of pyridine rings is 1. The normalized spacial score (nSPS) is 11.2. The van der Waals surface area contributed by atoms with Crippen LogP contribution in [0.3, 0.4) is 0 Å². The quantitative estimate of drug-likeness (QED) is 0.581. The zero-order valence-electron chi connectivity index (χ0n) is 11.1. The topological polar surface area (TPSA) is 36.7 Å². The maximum atomic E-state index is 8.91. The SMILES string of the molecule is Cc1cc(C)nc(SCCCC(C)(C)C#N)c1. The van der Waals surface area contributed by atoms with E-state index in [0.717, 1.165) is 29.3 Å². The first-order valence-corrected chi connectivity index (χ1v) is 6.91. The third-order valence-electron chi connectivity index (χ3n) is 2.57. The van der Waals surface area contributed by atoms with Crippen molar-refractivity contribution in [2.24, 2.45) is 5.41 Å². The van der Waals surface area contributed by atoms with Crippen LogP contribution in [0.2, 0.25) is 0 Å². The Morgan fingerprint density at radius 2 is 2.06 bits per heavy atom. The van der Waals surface area contributed by atoms with Gasteiger partial charge in [-0.15, -0.1) is 11.8 Å². The highest BCUT2D eigenvalue weighted by Crippen LogP contribution is 2.24. The molecule has 3 heteroatoms. The summed E-state index contributed by atoms with van der Waals surface area (Å²) in [5.41, 5.74) is 2.14. The van der Waals surface area contributed by atoms with Crippen LogP contribution in [0.5, 0.6) is 0 Å². The highest BCUT2D eigenvalue weighted by Gasteiger charge is 2.15. The molecule has 0 bridgehead atoms. The zero-order chi connectivity index (χ0) is 12.9. The molecule has 1 rings (SSSR count). The van der Waals surface area contributed by atoms with Crippen LogP contribution in [0.15, 0.2) is 17.2 Å². The van der Waals surface area contributed by atoms with E-state index >= 15 is 0 Å². The summed E-state index contributed by atoms with van der Waals surface area (Å²) in [6, 6.07) is 6.54. The molecule has 1 aromatic rings. The van der Waals surface area contributed by atoms with Gasteiger partial charge in [0.05, 0.1) is 16.5 Å². The summed E-state index contributed by atoms with van der Waals surface area (Å²) in [5.74, 6) is 1.03. The molecule has 92 valence electrons. The van der Waals surface area contributed by atoms with Crippen LogP contribution in [-0.2, 0) is 0 Å². The van der Waals surface area contributed by atoms with Crippen LogP contribution in [0.4, 0.5) is 0 Å². The molecule has 17 heavy (non-hydrogen) atoms. The highest BCUT2D eigenvalue weighted by molar-refractivity contribution is 7.99. The van der Waals surface area contributed by atoms with Crippen LogP contribution in [-0.4, -0.2) is 10.7 Å². The van der Waals surface area contributed by atoms with Crippen molar-refractivity contribution in [1.29, 1.82) is 5.26 Å². The van der Waals surface area contributed by atoms with Crippen LogP contribution in [0.1, 0.15) is 37.9 Å². The molecule has 0 saturated carbocycles. The van der Waals surface area contributed by atoms with E-state index in [9.17, 15) is 0 Å². The molecule has 0 aliphatic rings. The lowest BCUT2D eigenvalue weighted by molar-refractivity contribution is 0.448. The Morgan fingerprint density at radius 1 is 1.35 bits per heavy atom. The van der Waals surface area contributed by atoms with Crippen molar-refractivity contribution in [2.75, 3.05) is 5.75 Å². The molecule has 0 fully saturated rings. The Labute approximate surface area is 108 Å². The van der Waals surface area contributed by atoms with E-state index in [4.69, 9.17) is 5.26 Å². The molecule has 1 aromatic heterocycles. The highest BCUT2D eigenvalue weighted by atomic mass is 32.2. The van der Waals surface area contributed by atoms with Gasteiger partial charge >= 0.3 is 0 Å². The molecular formula is C14H20N2S. The Hall–Kier alpha value is -1.01. The minimum Gasteiger partial charge on any atom is -0.247 e. The van der Waals surface area contributed by atoms with E-state index in [0.29, 0.717) is 0 Å². The second-order valence-electron chi connectivity index (χ2n) is 5.07. The van der Waals surface area contributed by atoms with Gasteiger partial charge in [-0.2, -0.15) is 5.26 Å². The fourth-order valence-corrected chi connectivity index (χ4v) is 2.60. The fourth-order valence-electron chi connectivity index (χ4n) is 1.62. The van der Waals surface area contributed by atoms with Gasteiger partial charge in [0.2, 0.25) is 0 Å². The molecule has 0 saturated heterocycles. The maximum Gasteiger partial charge on any atom is 0.0965 e. The van der Waals surface area contributed by atoms with Crippen LogP contribution < -0.4 is 0 Å². The second-order valence-corrected chi connectivity index (χ2v) is 6.19. The van der Waals surface area contributed by atoms with Gasteiger partial charge in [-0.25, -0.2) is 4.98 Å². The van der Waals surface area contributed by atoms with Gasteiger partial charge in [0, 0.05) is 5.69 Å². The molecule has 0 N–H and O–H groups in total. The average Bonchev–Trinajstić information content (AvgIpc) is 2.23. The zero-order valence-corrected chi connectivity index (χ0v) is 11.9. The van der Waals surface area contributed by atoms with E-state index < -0.39 is 0 Å². The molecule has 0 aromatic carbocycles. The number of hydrogen-bond acceptors (Lipinski definition) is 3. The summed E-state index contributed by atoms with van der Waals surface area (Å²) in [6.45, 7) is 8.10. The van der Waals surface area contributed by atoms with Gasteiger partial charge in [0.15, 0.2) is 0 Å². The molecule has 0 radical (unpaired) electrons. The molecule has 0 aliphatic heterocycles. The van der Waals surface area contributed by atoms with E-state index in [1.807, 2.05) is 20.8 Å². The minimum absolute atomic E-state index is 0.198. The summed E-state index contributed by atoms with van der Waals surface area (Å²) in [4.78, 5) is 4.49. The molecule has 2 nitrogen and oxygen atoms in total. The van der Waals surface area contributed by atoms with Crippen molar-refractivity contribution in [2.45, 2.75) is 45.6 Å². The van der Waals surface area contributed by atoms with E-state index in [1.165, 1.54) is 5.56 Å². The van der Waals surface area contributed by atoms with Gasteiger partial charge in [-0.3, -0.25) is 0 Å². The predicted octanol–water partition coefficient (Wildman–Crippen LogP) is 4.12. The average molecular weight is 248 g/mol. The smallest absolute Gasteiger partial charge is 0.0965 e. The molecular weight excluding hydrogens is 228 g/mol. The summed E-state index contributed by atoms with van der Waals surface area (Å²) < 4.78 is 0. The second kappa shape index (κ2) is 6.07. The number of rotatable bonds is 5. The van der Waals surface area contributed by atoms with Gasteiger partial charge in [-0.1, -0.05) is 0 Å². The lowest BCUT2D eigenvalue weighted by Crippen LogP contribution is -2.07. The van der Waals surface area contributed by atoms with Gasteiger partial charge in [-0.05, 0) is 64.0 Å². The standard InChI is InChI=1S/C14H20N2S/c1-11-8-12(2)16-13(9-11)17-7-5-6-14(3,4)10-15/h8-9H,5-7H2,1-4H3.